The lowest BCUT2D eigenvalue weighted by Crippen LogP contribution is -2.37. The predicted molar refractivity (Wildman–Crippen MR) is 115 cm³/mol. The highest BCUT2D eigenvalue weighted by Gasteiger charge is 2.29. The lowest BCUT2D eigenvalue weighted by atomic mass is 10.1. The van der Waals surface area contributed by atoms with Crippen molar-refractivity contribution in [2.75, 3.05) is 24.5 Å². The molecule has 3 aromatic rings. The first-order valence-electron chi connectivity index (χ1n) is 10.7. The molecule has 0 N–H and O–H groups in total. The molecule has 0 aliphatic carbocycles. The molecule has 0 atom stereocenters. The highest BCUT2D eigenvalue weighted by Crippen LogP contribution is 2.32. The van der Waals surface area contributed by atoms with Crippen molar-refractivity contribution in [1.29, 1.82) is 0 Å². The van der Waals surface area contributed by atoms with Crippen LogP contribution in [0.2, 0.25) is 0 Å². The van der Waals surface area contributed by atoms with Crippen molar-refractivity contribution < 1.29 is 18.3 Å². The standard InChI is InChI=1S/C24H22F2N4O2/c25-17-5-3-16(4-6-17)23(31)30-14-11-21-20(15-30)22(32-19-9-7-18(26)8-10-19)28-24(27-21)29-12-1-2-13-29/h3-10H,1-2,11-15H2. The van der Waals surface area contributed by atoms with Gasteiger partial charge in [-0.05, 0) is 61.4 Å². The SMILES string of the molecule is O=C(c1ccc(F)cc1)N1CCc2nc(N3CCCC3)nc(Oc3ccc(F)cc3)c2C1. The van der Waals surface area contributed by atoms with Crippen molar-refractivity contribution in [3.63, 3.8) is 0 Å². The molecule has 5 rings (SSSR count). The molecule has 0 radical (unpaired) electrons. The lowest BCUT2D eigenvalue weighted by molar-refractivity contribution is 0.0732. The van der Waals surface area contributed by atoms with E-state index in [0.717, 1.165) is 37.2 Å². The van der Waals surface area contributed by atoms with Crippen molar-refractivity contribution in [1.82, 2.24) is 14.9 Å². The van der Waals surface area contributed by atoms with Gasteiger partial charge in [-0.25, -0.2) is 13.8 Å². The first-order valence-corrected chi connectivity index (χ1v) is 10.7. The zero-order valence-electron chi connectivity index (χ0n) is 17.4. The van der Waals surface area contributed by atoms with Crippen LogP contribution >= 0.6 is 0 Å². The molecule has 1 amide bonds. The number of hydrogen-bond acceptors (Lipinski definition) is 5. The molecule has 32 heavy (non-hydrogen) atoms. The van der Waals surface area contributed by atoms with E-state index >= 15 is 0 Å². The van der Waals surface area contributed by atoms with Gasteiger partial charge in [-0.1, -0.05) is 0 Å². The second kappa shape index (κ2) is 8.53. The summed E-state index contributed by atoms with van der Waals surface area (Å²) in [5.74, 6) is 0.532. The third-order valence-corrected chi connectivity index (χ3v) is 5.81. The van der Waals surface area contributed by atoms with Gasteiger partial charge in [-0.2, -0.15) is 4.98 Å². The average molecular weight is 436 g/mol. The van der Waals surface area contributed by atoms with E-state index in [9.17, 15) is 13.6 Å². The summed E-state index contributed by atoms with van der Waals surface area (Å²) in [5, 5.41) is 0. The number of fused-ring (bicyclic) bond motifs is 1. The quantitative estimate of drug-likeness (QED) is 0.609. The van der Waals surface area contributed by atoms with Crippen molar-refractivity contribution in [3.8, 4) is 11.6 Å². The van der Waals surface area contributed by atoms with Gasteiger partial charge >= 0.3 is 0 Å². The fourth-order valence-corrected chi connectivity index (χ4v) is 4.08. The molecule has 0 bridgehead atoms. The summed E-state index contributed by atoms with van der Waals surface area (Å²) in [5.41, 5.74) is 2.01. The van der Waals surface area contributed by atoms with Crippen LogP contribution < -0.4 is 9.64 Å². The zero-order valence-corrected chi connectivity index (χ0v) is 17.4. The second-order valence-corrected chi connectivity index (χ2v) is 7.99. The second-order valence-electron chi connectivity index (χ2n) is 7.99. The first-order chi connectivity index (χ1) is 15.6. The van der Waals surface area contributed by atoms with Crippen LogP contribution in [0, 0.1) is 11.6 Å². The van der Waals surface area contributed by atoms with Gasteiger partial charge in [0.05, 0.1) is 17.8 Å². The fraction of sp³-hybridized carbons (Fsp3) is 0.292. The highest BCUT2D eigenvalue weighted by molar-refractivity contribution is 5.94. The molecule has 2 aromatic carbocycles. The van der Waals surface area contributed by atoms with Crippen LogP contribution in [0.4, 0.5) is 14.7 Å². The summed E-state index contributed by atoms with van der Waals surface area (Å²) >= 11 is 0. The molecule has 1 saturated heterocycles. The average Bonchev–Trinajstić information content (AvgIpc) is 3.35. The zero-order chi connectivity index (χ0) is 22.1. The van der Waals surface area contributed by atoms with E-state index in [0.29, 0.717) is 36.1 Å². The van der Waals surface area contributed by atoms with Crippen LogP contribution in [0.5, 0.6) is 11.6 Å². The molecule has 3 heterocycles. The molecule has 0 saturated carbocycles. The third-order valence-electron chi connectivity index (χ3n) is 5.81. The van der Waals surface area contributed by atoms with E-state index in [-0.39, 0.29) is 24.1 Å². The number of carbonyl (C=O) groups excluding carboxylic acids is 1. The number of rotatable bonds is 4. The number of anilines is 1. The van der Waals surface area contributed by atoms with Crippen molar-refractivity contribution >= 4 is 11.9 Å². The normalized spacial score (nSPS) is 15.6. The lowest BCUT2D eigenvalue weighted by Gasteiger charge is -2.30. The Morgan fingerprint density at radius 2 is 1.53 bits per heavy atom. The topological polar surface area (TPSA) is 58.6 Å². The first kappa shape index (κ1) is 20.4. The Kier molecular flexibility index (Phi) is 5.43. The van der Waals surface area contributed by atoms with E-state index in [1.54, 1.807) is 17.0 Å². The highest BCUT2D eigenvalue weighted by atomic mass is 19.1. The molecule has 1 aromatic heterocycles. The van der Waals surface area contributed by atoms with Gasteiger partial charge in [0.1, 0.15) is 17.4 Å². The summed E-state index contributed by atoms with van der Waals surface area (Å²) in [6.45, 7) is 2.56. The van der Waals surface area contributed by atoms with Crippen molar-refractivity contribution in [3.05, 3.63) is 77.0 Å². The number of hydrogen-bond donors (Lipinski definition) is 0. The number of halogens is 2. The maximum absolute atomic E-state index is 13.3. The van der Waals surface area contributed by atoms with Crippen LogP contribution in [0.15, 0.2) is 48.5 Å². The Morgan fingerprint density at radius 3 is 2.22 bits per heavy atom. The minimum Gasteiger partial charge on any atom is -0.438 e. The van der Waals surface area contributed by atoms with Crippen LogP contribution in [0.1, 0.15) is 34.5 Å². The number of carbonyl (C=O) groups is 1. The van der Waals surface area contributed by atoms with Gasteiger partial charge in [-0.3, -0.25) is 4.79 Å². The molecule has 2 aliphatic heterocycles. The van der Waals surface area contributed by atoms with Gasteiger partial charge in [-0.15, -0.1) is 0 Å². The van der Waals surface area contributed by atoms with Gasteiger partial charge in [0, 0.05) is 31.6 Å². The number of benzene rings is 2. The molecular weight excluding hydrogens is 414 g/mol. The minimum absolute atomic E-state index is 0.188. The molecule has 2 aliphatic rings. The van der Waals surface area contributed by atoms with Crippen LogP contribution in [0.25, 0.3) is 0 Å². The van der Waals surface area contributed by atoms with E-state index in [1.165, 1.54) is 36.4 Å². The minimum atomic E-state index is -0.386. The summed E-state index contributed by atoms with van der Waals surface area (Å²) < 4.78 is 32.6. The summed E-state index contributed by atoms with van der Waals surface area (Å²) in [6, 6.07) is 11.3. The molecule has 0 unspecified atom stereocenters. The number of nitrogens with zero attached hydrogens (tertiary/aromatic N) is 4. The van der Waals surface area contributed by atoms with Gasteiger partial charge < -0.3 is 14.5 Å². The van der Waals surface area contributed by atoms with Gasteiger partial charge in [0.25, 0.3) is 5.91 Å². The molecular formula is C24H22F2N4O2. The Labute approximate surface area is 184 Å². The smallest absolute Gasteiger partial charge is 0.254 e. The van der Waals surface area contributed by atoms with E-state index in [1.807, 2.05) is 0 Å². The maximum Gasteiger partial charge on any atom is 0.254 e. The third kappa shape index (κ3) is 4.12. The number of ether oxygens (including phenoxy) is 1. The molecule has 8 heteroatoms. The Balaban J connectivity index is 1.47. The van der Waals surface area contributed by atoms with Crippen molar-refractivity contribution in [2.45, 2.75) is 25.8 Å². The summed E-state index contributed by atoms with van der Waals surface area (Å²) in [6.07, 6.45) is 2.74. The van der Waals surface area contributed by atoms with Gasteiger partial charge in [0.2, 0.25) is 11.8 Å². The Bertz CT molecular complexity index is 1130. The van der Waals surface area contributed by atoms with Crippen LogP contribution in [-0.2, 0) is 13.0 Å². The number of aromatic nitrogens is 2. The largest absolute Gasteiger partial charge is 0.438 e. The fourth-order valence-electron chi connectivity index (χ4n) is 4.08. The molecule has 164 valence electrons. The summed E-state index contributed by atoms with van der Waals surface area (Å²) in [4.78, 5) is 26.2. The molecule has 6 nitrogen and oxygen atoms in total. The van der Waals surface area contributed by atoms with Crippen LogP contribution in [-0.4, -0.2) is 40.4 Å². The van der Waals surface area contributed by atoms with Crippen molar-refractivity contribution in [2.24, 2.45) is 0 Å². The Morgan fingerprint density at radius 1 is 0.875 bits per heavy atom. The Hall–Kier alpha value is -3.55. The van der Waals surface area contributed by atoms with Crippen LogP contribution in [0.3, 0.4) is 0 Å². The predicted octanol–water partition coefficient (Wildman–Crippen LogP) is 4.35. The monoisotopic (exact) mass is 436 g/mol. The van der Waals surface area contributed by atoms with Gasteiger partial charge in [0.15, 0.2) is 0 Å². The van der Waals surface area contributed by atoms with E-state index in [4.69, 9.17) is 9.72 Å². The summed E-state index contributed by atoms with van der Waals surface area (Å²) in [7, 11) is 0. The van der Waals surface area contributed by atoms with E-state index < -0.39 is 0 Å². The maximum atomic E-state index is 13.3. The number of amides is 1. The van der Waals surface area contributed by atoms with E-state index in [2.05, 4.69) is 9.88 Å². The molecule has 1 fully saturated rings. The molecule has 0 spiro atoms.